The minimum Gasteiger partial charge on any atom is -0.258 e. The topological polar surface area (TPSA) is 56.0 Å². The number of halogens is 2. The second-order valence-corrected chi connectivity index (χ2v) is 3.74. The molecule has 0 saturated heterocycles. The molecule has 0 radical (unpaired) electrons. The van der Waals surface area contributed by atoms with Gasteiger partial charge in [0.15, 0.2) is 0 Å². The lowest BCUT2D eigenvalue weighted by Gasteiger charge is -2.01. The fourth-order valence-electron chi connectivity index (χ4n) is 1.23. The summed E-state index contributed by atoms with van der Waals surface area (Å²) in [4.78, 5) is 13.3. The number of hydrogen-bond donors (Lipinski definition) is 0. The number of nitro groups is 1. The van der Waals surface area contributed by atoms with Crippen LogP contribution in [0.4, 0.5) is 14.5 Å². The zero-order chi connectivity index (χ0) is 11.7. The molecule has 0 aliphatic rings. The zero-order valence-corrected chi connectivity index (χ0v) is 8.50. The molecule has 0 bridgehead atoms. The molecular formula is C9H4F2N2O2S. The van der Waals surface area contributed by atoms with Crippen LogP contribution in [0.1, 0.15) is 0 Å². The third kappa shape index (κ3) is 1.65. The Morgan fingerprint density at radius 2 is 2.12 bits per heavy atom. The average molecular weight is 242 g/mol. The van der Waals surface area contributed by atoms with Gasteiger partial charge >= 0.3 is 5.69 Å². The second-order valence-electron chi connectivity index (χ2n) is 2.85. The van der Waals surface area contributed by atoms with E-state index in [1.54, 1.807) is 0 Å². The molecule has 0 aliphatic carbocycles. The van der Waals surface area contributed by atoms with Gasteiger partial charge < -0.3 is 0 Å². The highest BCUT2D eigenvalue weighted by atomic mass is 32.1. The third-order valence-corrected chi connectivity index (χ3v) is 2.70. The van der Waals surface area contributed by atoms with Crippen LogP contribution in [-0.4, -0.2) is 9.91 Å². The summed E-state index contributed by atoms with van der Waals surface area (Å²) < 4.78 is 27.0. The van der Waals surface area contributed by atoms with E-state index in [1.165, 1.54) is 11.6 Å². The molecule has 16 heavy (non-hydrogen) atoms. The summed E-state index contributed by atoms with van der Waals surface area (Å²) in [7, 11) is 0. The van der Waals surface area contributed by atoms with E-state index in [4.69, 9.17) is 0 Å². The van der Waals surface area contributed by atoms with Gasteiger partial charge in [0.1, 0.15) is 10.8 Å². The molecular weight excluding hydrogens is 238 g/mol. The summed E-state index contributed by atoms with van der Waals surface area (Å²) in [5, 5.41) is 12.1. The molecule has 1 aromatic carbocycles. The molecule has 4 nitrogen and oxygen atoms in total. The van der Waals surface area contributed by atoms with E-state index in [2.05, 4.69) is 4.98 Å². The predicted octanol–water partition coefficient (Wildman–Crippen LogP) is 3.00. The Balaban J connectivity index is 2.69. The SMILES string of the molecule is O=[N+]([O-])c1ccc(F)c(-c2nccs2)c1F. The van der Waals surface area contributed by atoms with Gasteiger partial charge in [-0.3, -0.25) is 10.1 Å². The van der Waals surface area contributed by atoms with Gasteiger partial charge in [-0.1, -0.05) is 0 Å². The van der Waals surface area contributed by atoms with Gasteiger partial charge in [-0.15, -0.1) is 11.3 Å². The molecule has 1 heterocycles. The Morgan fingerprint density at radius 3 is 2.69 bits per heavy atom. The van der Waals surface area contributed by atoms with Crippen LogP contribution in [0.5, 0.6) is 0 Å². The molecule has 0 spiro atoms. The maximum atomic E-state index is 13.6. The first-order valence-electron chi connectivity index (χ1n) is 4.13. The van der Waals surface area contributed by atoms with Crippen LogP contribution in [-0.2, 0) is 0 Å². The van der Waals surface area contributed by atoms with Gasteiger partial charge in [0.2, 0.25) is 5.82 Å². The van der Waals surface area contributed by atoms with Crippen molar-refractivity contribution in [2.45, 2.75) is 0 Å². The van der Waals surface area contributed by atoms with Crippen molar-refractivity contribution in [2.24, 2.45) is 0 Å². The van der Waals surface area contributed by atoms with E-state index < -0.39 is 27.8 Å². The lowest BCUT2D eigenvalue weighted by atomic mass is 10.2. The summed E-state index contributed by atoms with van der Waals surface area (Å²) in [6.07, 6.45) is 1.37. The maximum absolute atomic E-state index is 13.6. The molecule has 0 amide bonds. The van der Waals surface area contributed by atoms with Crippen LogP contribution in [0.2, 0.25) is 0 Å². The van der Waals surface area contributed by atoms with Gasteiger partial charge in [-0.25, -0.2) is 9.37 Å². The van der Waals surface area contributed by atoms with Crippen molar-refractivity contribution in [1.29, 1.82) is 0 Å². The number of benzene rings is 1. The Bertz CT molecular complexity index is 543. The molecule has 1 aromatic heterocycles. The van der Waals surface area contributed by atoms with Gasteiger partial charge in [0.25, 0.3) is 0 Å². The van der Waals surface area contributed by atoms with Gasteiger partial charge in [-0.2, -0.15) is 4.39 Å². The van der Waals surface area contributed by atoms with Crippen molar-refractivity contribution in [2.75, 3.05) is 0 Å². The molecule has 82 valence electrons. The Kier molecular flexibility index (Phi) is 2.61. The van der Waals surface area contributed by atoms with Crippen molar-refractivity contribution >= 4 is 17.0 Å². The fraction of sp³-hybridized carbons (Fsp3) is 0. The maximum Gasteiger partial charge on any atom is 0.305 e. The highest BCUT2D eigenvalue weighted by Crippen LogP contribution is 2.32. The van der Waals surface area contributed by atoms with Crippen molar-refractivity contribution in [3.05, 3.63) is 45.5 Å². The molecule has 7 heteroatoms. The van der Waals surface area contributed by atoms with Crippen LogP contribution in [0.25, 0.3) is 10.6 Å². The third-order valence-electron chi connectivity index (χ3n) is 1.91. The van der Waals surface area contributed by atoms with Crippen LogP contribution in [0.3, 0.4) is 0 Å². The number of rotatable bonds is 2. The van der Waals surface area contributed by atoms with Crippen LogP contribution in [0, 0.1) is 21.7 Å². The largest absolute Gasteiger partial charge is 0.305 e. The van der Waals surface area contributed by atoms with E-state index in [9.17, 15) is 18.9 Å². The lowest BCUT2D eigenvalue weighted by molar-refractivity contribution is -0.387. The molecule has 0 atom stereocenters. The number of nitro benzene ring substituents is 1. The van der Waals surface area contributed by atoms with Gasteiger partial charge in [-0.05, 0) is 6.07 Å². The first-order valence-corrected chi connectivity index (χ1v) is 5.01. The minimum atomic E-state index is -1.19. The van der Waals surface area contributed by atoms with E-state index in [0.29, 0.717) is 0 Å². The van der Waals surface area contributed by atoms with E-state index >= 15 is 0 Å². The minimum absolute atomic E-state index is 0.0821. The van der Waals surface area contributed by atoms with Crippen molar-refractivity contribution < 1.29 is 13.7 Å². The predicted molar refractivity (Wildman–Crippen MR) is 54.1 cm³/mol. The Morgan fingerprint density at radius 1 is 1.38 bits per heavy atom. The molecule has 0 unspecified atom stereocenters. The molecule has 0 fully saturated rings. The molecule has 0 N–H and O–H groups in total. The standard InChI is InChI=1S/C9H4F2N2O2S/c10-5-1-2-6(13(14)15)8(11)7(5)9-12-3-4-16-9/h1-4H. The van der Waals surface area contributed by atoms with Crippen LogP contribution >= 0.6 is 11.3 Å². The molecule has 2 aromatic rings. The monoisotopic (exact) mass is 242 g/mol. The van der Waals surface area contributed by atoms with Crippen molar-refractivity contribution in [1.82, 2.24) is 4.98 Å². The number of aromatic nitrogens is 1. The van der Waals surface area contributed by atoms with Crippen LogP contribution in [0.15, 0.2) is 23.7 Å². The van der Waals surface area contributed by atoms with Gasteiger partial charge in [0.05, 0.1) is 10.5 Å². The van der Waals surface area contributed by atoms with Gasteiger partial charge in [0, 0.05) is 17.6 Å². The summed E-state index contributed by atoms with van der Waals surface area (Å²) >= 11 is 1.01. The summed E-state index contributed by atoms with van der Waals surface area (Å²) in [5.74, 6) is -2.06. The van der Waals surface area contributed by atoms with Crippen molar-refractivity contribution in [3.63, 3.8) is 0 Å². The number of hydrogen-bond acceptors (Lipinski definition) is 4. The number of nitrogens with zero attached hydrogens (tertiary/aromatic N) is 2. The summed E-state index contributed by atoms with van der Waals surface area (Å²) in [6.45, 7) is 0. The highest BCUT2D eigenvalue weighted by molar-refractivity contribution is 7.13. The molecule has 2 rings (SSSR count). The summed E-state index contributed by atoms with van der Waals surface area (Å²) in [5.41, 5.74) is -1.21. The molecule has 0 saturated carbocycles. The first kappa shape index (κ1) is 10.6. The highest BCUT2D eigenvalue weighted by Gasteiger charge is 2.23. The van der Waals surface area contributed by atoms with E-state index in [-0.39, 0.29) is 5.01 Å². The van der Waals surface area contributed by atoms with E-state index in [0.717, 1.165) is 23.5 Å². The molecule has 0 aliphatic heterocycles. The second kappa shape index (κ2) is 3.93. The smallest absolute Gasteiger partial charge is 0.258 e. The fourth-order valence-corrected chi connectivity index (χ4v) is 1.90. The average Bonchev–Trinajstić information content (AvgIpc) is 2.70. The Hall–Kier alpha value is -1.89. The quantitative estimate of drug-likeness (QED) is 0.600. The Labute approximate surface area is 92.3 Å². The van der Waals surface area contributed by atoms with Crippen LogP contribution < -0.4 is 0 Å². The first-order chi connectivity index (χ1) is 7.61. The zero-order valence-electron chi connectivity index (χ0n) is 7.68. The lowest BCUT2D eigenvalue weighted by Crippen LogP contribution is -1.97. The van der Waals surface area contributed by atoms with E-state index in [1.807, 2.05) is 0 Å². The number of thiazole rings is 1. The van der Waals surface area contributed by atoms with Crippen molar-refractivity contribution in [3.8, 4) is 10.6 Å². The summed E-state index contributed by atoms with van der Waals surface area (Å²) in [6, 6.07) is 1.65. The normalized spacial score (nSPS) is 10.4.